The number of halogens is 3. The number of hydrogen-bond acceptors (Lipinski definition) is 2. The van der Waals surface area contributed by atoms with E-state index in [0.29, 0.717) is 11.4 Å². The lowest BCUT2D eigenvalue weighted by atomic mass is 10.1. The number of aromatic nitrogens is 1. The van der Waals surface area contributed by atoms with Gasteiger partial charge in [0.05, 0.1) is 0 Å². The molecule has 0 aliphatic heterocycles. The molecule has 0 aliphatic carbocycles. The Kier molecular flexibility index (Phi) is 2.52. The zero-order valence-electron chi connectivity index (χ0n) is 8.05. The number of pyridine rings is 1. The van der Waals surface area contributed by atoms with Gasteiger partial charge in [0, 0.05) is 11.8 Å². The molecule has 0 aliphatic rings. The van der Waals surface area contributed by atoms with E-state index in [0.717, 1.165) is 12.1 Å². The van der Waals surface area contributed by atoms with Gasteiger partial charge in [-0.25, -0.2) is 18.2 Å². The van der Waals surface area contributed by atoms with Crippen molar-refractivity contribution >= 4 is 5.82 Å². The van der Waals surface area contributed by atoms with Gasteiger partial charge in [-0.2, -0.15) is 0 Å². The summed E-state index contributed by atoms with van der Waals surface area (Å²) in [7, 11) is 0. The van der Waals surface area contributed by atoms with Gasteiger partial charge in [0.1, 0.15) is 5.82 Å². The Morgan fingerprint density at radius 3 is 2.06 bits per heavy atom. The van der Waals surface area contributed by atoms with Crippen molar-refractivity contribution in [3.8, 4) is 11.1 Å². The van der Waals surface area contributed by atoms with Gasteiger partial charge in [-0.15, -0.1) is 0 Å². The SMILES string of the molecule is Nc1ccc(-c2cc(F)c(F)c(F)c2)cn1. The van der Waals surface area contributed by atoms with Crippen molar-refractivity contribution in [1.82, 2.24) is 4.98 Å². The maximum Gasteiger partial charge on any atom is 0.194 e. The molecule has 5 heteroatoms. The van der Waals surface area contributed by atoms with Gasteiger partial charge >= 0.3 is 0 Å². The molecule has 82 valence electrons. The summed E-state index contributed by atoms with van der Waals surface area (Å²) in [6, 6.07) is 4.86. The first kappa shape index (κ1) is 10.5. The van der Waals surface area contributed by atoms with E-state index in [1.54, 1.807) is 6.07 Å². The van der Waals surface area contributed by atoms with E-state index in [2.05, 4.69) is 4.98 Å². The lowest BCUT2D eigenvalue weighted by Crippen LogP contribution is -1.93. The predicted octanol–water partition coefficient (Wildman–Crippen LogP) is 2.75. The Balaban J connectivity index is 2.52. The number of hydrogen-bond donors (Lipinski definition) is 1. The van der Waals surface area contributed by atoms with Gasteiger partial charge in [-0.05, 0) is 29.8 Å². The van der Waals surface area contributed by atoms with Gasteiger partial charge in [-0.1, -0.05) is 0 Å². The van der Waals surface area contributed by atoms with Gasteiger partial charge < -0.3 is 5.73 Å². The zero-order valence-corrected chi connectivity index (χ0v) is 8.05. The fraction of sp³-hybridized carbons (Fsp3) is 0. The van der Waals surface area contributed by atoms with Crippen LogP contribution in [-0.2, 0) is 0 Å². The Morgan fingerprint density at radius 1 is 0.938 bits per heavy atom. The number of benzene rings is 1. The minimum atomic E-state index is -1.48. The first-order valence-electron chi connectivity index (χ1n) is 4.44. The van der Waals surface area contributed by atoms with Crippen LogP contribution in [0.1, 0.15) is 0 Å². The molecule has 0 atom stereocenters. The van der Waals surface area contributed by atoms with Crippen LogP contribution in [0.4, 0.5) is 19.0 Å². The van der Waals surface area contributed by atoms with Crippen molar-refractivity contribution < 1.29 is 13.2 Å². The molecule has 2 nitrogen and oxygen atoms in total. The predicted molar refractivity (Wildman–Crippen MR) is 54.0 cm³/mol. The maximum absolute atomic E-state index is 12.9. The topological polar surface area (TPSA) is 38.9 Å². The van der Waals surface area contributed by atoms with Crippen LogP contribution in [0.15, 0.2) is 30.5 Å². The Morgan fingerprint density at radius 2 is 1.56 bits per heavy atom. The van der Waals surface area contributed by atoms with Crippen LogP contribution in [0.3, 0.4) is 0 Å². The third kappa shape index (κ3) is 1.84. The molecule has 0 amide bonds. The second-order valence-electron chi connectivity index (χ2n) is 3.23. The van der Waals surface area contributed by atoms with Crippen molar-refractivity contribution in [3.63, 3.8) is 0 Å². The highest BCUT2D eigenvalue weighted by Crippen LogP contribution is 2.23. The molecule has 0 fully saturated rings. The molecular formula is C11H7F3N2. The van der Waals surface area contributed by atoms with E-state index >= 15 is 0 Å². The molecule has 2 N–H and O–H groups in total. The quantitative estimate of drug-likeness (QED) is 0.756. The normalized spacial score (nSPS) is 10.4. The van der Waals surface area contributed by atoms with E-state index in [-0.39, 0.29) is 5.56 Å². The van der Waals surface area contributed by atoms with Crippen molar-refractivity contribution in [2.45, 2.75) is 0 Å². The van der Waals surface area contributed by atoms with Crippen LogP contribution >= 0.6 is 0 Å². The van der Waals surface area contributed by atoms with Crippen molar-refractivity contribution in [2.75, 3.05) is 5.73 Å². The van der Waals surface area contributed by atoms with Crippen LogP contribution in [-0.4, -0.2) is 4.98 Å². The number of nitrogens with zero attached hydrogens (tertiary/aromatic N) is 1. The first-order chi connectivity index (χ1) is 7.58. The number of nitrogens with two attached hydrogens (primary N) is 1. The highest BCUT2D eigenvalue weighted by molar-refractivity contribution is 5.63. The van der Waals surface area contributed by atoms with E-state index in [1.807, 2.05) is 0 Å². The van der Waals surface area contributed by atoms with Crippen LogP contribution in [0.2, 0.25) is 0 Å². The molecule has 0 radical (unpaired) electrons. The second kappa shape index (κ2) is 3.84. The average molecular weight is 224 g/mol. The van der Waals surface area contributed by atoms with Crippen molar-refractivity contribution in [1.29, 1.82) is 0 Å². The third-order valence-electron chi connectivity index (χ3n) is 2.10. The summed E-state index contributed by atoms with van der Waals surface area (Å²) in [5.41, 5.74) is 6.05. The minimum absolute atomic E-state index is 0.212. The summed E-state index contributed by atoms with van der Waals surface area (Å²) < 4.78 is 38.6. The largest absolute Gasteiger partial charge is 0.384 e. The molecule has 0 unspecified atom stereocenters. The smallest absolute Gasteiger partial charge is 0.194 e. The van der Waals surface area contributed by atoms with E-state index < -0.39 is 17.5 Å². The molecule has 0 saturated heterocycles. The molecule has 2 aromatic rings. The summed E-state index contributed by atoms with van der Waals surface area (Å²) >= 11 is 0. The summed E-state index contributed by atoms with van der Waals surface area (Å²) in [4.78, 5) is 3.78. The van der Waals surface area contributed by atoms with E-state index in [4.69, 9.17) is 5.73 Å². The number of nitrogen functional groups attached to an aromatic ring is 1. The van der Waals surface area contributed by atoms with Gasteiger partial charge in [0.25, 0.3) is 0 Å². The molecule has 1 heterocycles. The lowest BCUT2D eigenvalue weighted by Gasteiger charge is -2.03. The van der Waals surface area contributed by atoms with Crippen LogP contribution in [0, 0.1) is 17.5 Å². The van der Waals surface area contributed by atoms with Crippen molar-refractivity contribution in [3.05, 3.63) is 47.9 Å². The van der Waals surface area contributed by atoms with Crippen molar-refractivity contribution in [2.24, 2.45) is 0 Å². The molecule has 2 rings (SSSR count). The maximum atomic E-state index is 12.9. The van der Waals surface area contributed by atoms with Gasteiger partial charge in [-0.3, -0.25) is 0 Å². The average Bonchev–Trinajstić information content (AvgIpc) is 2.26. The third-order valence-corrected chi connectivity index (χ3v) is 2.10. The molecular weight excluding hydrogens is 217 g/mol. The Bertz CT molecular complexity index is 500. The molecule has 16 heavy (non-hydrogen) atoms. The molecule has 0 spiro atoms. The molecule has 1 aromatic carbocycles. The van der Waals surface area contributed by atoms with Crippen LogP contribution in [0.5, 0.6) is 0 Å². The molecule has 1 aromatic heterocycles. The van der Waals surface area contributed by atoms with E-state index in [9.17, 15) is 13.2 Å². The molecule has 0 saturated carbocycles. The van der Waals surface area contributed by atoms with Crippen LogP contribution < -0.4 is 5.73 Å². The lowest BCUT2D eigenvalue weighted by molar-refractivity contribution is 0.447. The molecule has 0 bridgehead atoms. The number of rotatable bonds is 1. The highest BCUT2D eigenvalue weighted by Gasteiger charge is 2.11. The van der Waals surface area contributed by atoms with E-state index in [1.165, 1.54) is 12.3 Å². The van der Waals surface area contributed by atoms with Crippen LogP contribution in [0.25, 0.3) is 11.1 Å². The Labute approximate surface area is 89.5 Å². The second-order valence-corrected chi connectivity index (χ2v) is 3.23. The fourth-order valence-electron chi connectivity index (χ4n) is 1.30. The van der Waals surface area contributed by atoms with Gasteiger partial charge in [0.15, 0.2) is 17.5 Å². The number of anilines is 1. The summed E-state index contributed by atoms with van der Waals surface area (Å²) in [6.45, 7) is 0. The summed E-state index contributed by atoms with van der Waals surface area (Å²) in [6.07, 6.45) is 1.36. The minimum Gasteiger partial charge on any atom is -0.384 e. The highest BCUT2D eigenvalue weighted by atomic mass is 19.2. The monoisotopic (exact) mass is 224 g/mol. The first-order valence-corrected chi connectivity index (χ1v) is 4.44. The van der Waals surface area contributed by atoms with Gasteiger partial charge in [0.2, 0.25) is 0 Å². The fourth-order valence-corrected chi connectivity index (χ4v) is 1.30. The summed E-state index contributed by atoms with van der Waals surface area (Å²) in [5, 5.41) is 0. The Hall–Kier alpha value is -2.04. The summed E-state index contributed by atoms with van der Waals surface area (Å²) in [5.74, 6) is -3.64. The standard InChI is InChI=1S/C11H7F3N2/c12-8-3-7(4-9(13)11(8)14)6-1-2-10(15)16-5-6/h1-5H,(H2,15,16). The zero-order chi connectivity index (χ0) is 11.7.